The van der Waals surface area contributed by atoms with Gasteiger partial charge in [-0.2, -0.15) is 0 Å². The zero-order valence-electron chi connectivity index (χ0n) is 12.3. The maximum atomic E-state index is 12.3. The maximum Gasteiger partial charge on any atom is 0.291 e. The van der Waals surface area contributed by atoms with Gasteiger partial charge in [-0.3, -0.25) is 4.79 Å². The first-order valence-electron chi connectivity index (χ1n) is 6.96. The van der Waals surface area contributed by atoms with Crippen molar-refractivity contribution < 1.29 is 9.21 Å². The number of amides is 1. The normalized spacial score (nSPS) is 10.6. The molecule has 0 atom stereocenters. The van der Waals surface area contributed by atoms with E-state index in [4.69, 9.17) is 16.0 Å². The van der Waals surface area contributed by atoms with Crippen LogP contribution in [0.5, 0.6) is 0 Å². The summed E-state index contributed by atoms with van der Waals surface area (Å²) in [6, 6.07) is 16.6. The second-order valence-corrected chi connectivity index (χ2v) is 6.77. The fraction of sp³-hybridized carbons (Fsp3) is 0.0556. The van der Waals surface area contributed by atoms with Crippen LogP contribution in [0.15, 0.2) is 59.0 Å². The molecule has 0 fully saturated rings. The maximum absolute atomic E-state index is 12.3. The Balaban J connectivity index is 1.81. The molecule has 5 heteroatoms. The predicted molar refractivity (Wildman–Crippen MR) is 101 cm³/mol. The molecule has 0 radical (unpaired) electrons. The first kappa shape index (κ1) is 16.1. The molecule has 0 spiro atoms. The quantitative estimate of drug-likeness (QED) is 0.529. The van der Waals surface area contributed by atoms with Crippen LogP contribution < -0.4 is 5.32 Å². The standard InChI is InChI=1S/C18H13ClINO2/c1-11-9-14(20)5-6-15(11)21-18(22)17-8-7-16(23-17)12-3-2-4-13(19)10-12/h2-10H,1H3,(H,21,22). The van der Waals surface area contributed by atoms with Crippen molar-refractivity contribution in [3.8, 4) is 11.3 Å². The number of hydrogen-bond donors (Lipinski definition) is 1. The van der Waals surface area contributed by atoms with E-state index < -0.39 is 0 Å². The minimum absolute atomic E-state index is 0.262. The molecule has 0 aliphatic rings. The Hall–Kier alpha value is -1.79. The lowest BCUT2D eigenvalue weighted by atomic mass is 10.2. The highest BCUT2D eigenvalue weighted by molar-refractivity contribution is 14.1. The molecular weight excluding hydrogens is 425 g/mol. The summed E-state index contributed by atoms with van der Waals surface area (Å²) in [5.74, 6) is 0.595. The Labute approximate surface area is 152 Å². The highest BCUT2D eigenvalue weighted by Crippen LogP contribution is 2.25. The van der Waals surface area contributed by atoms with Gasteiger partial charge in [-0.15, -0.1) is 0 Å². The number of nitrogens with one attached hydrogen (secondary N) is 1. The van der Waals surface area contributed by atoms with E-state index in [1.807, 2.05) is 37.3 Å². The summed E-state index contributed by atoms with van der Waals surface area (Å²) in [6.07, 6.45) is 0. The fourth-order valence-corrected chi connectivity index (χ4v) is 3.05. The second kappa shape index (κ2) is 6.76. The first-order valence-corrected chi connectivity index (χ1v) is 8.42. The van der Waals surface area contributed by atoms with Crippen LogP contribution in [0.1, 0.15) is 16.1 Å². The van der Waals surface area contributed by atoms with Gasteiger partial charge in [0.05, 0.1) is 0 Å². The van der Waals surface area contributed by atoms with Gasteiger partial charge in [0.2, 0.25) is 0 Å². The van der Waals surface area contributed by atoms with E-state index in [0.29, 0.717) is 10.8 Å². The van der Waals surface area contributed by atoms with Crippen molar-refractivity contribution in [2.45, 2.75) is 6.92 Å². The van der Waals surface area contributed by atoms with Crippen LogP contribution in [0.2, 0.25) is 5.02 Å². The predicted octanol–water partition coefficient (Wildman–Crippen LogP) is 5.77. The van der Waals surface area contributed by atoms with Gasteiger partial charge in [0.15, 0.2) is 5.76 Å². The van der Waals surface area contributed by atoms with E-state index >= 15 is 0 Å². The number of furan rings is 1. The molecule has 1 aromatic heterocycles. The third-order valence-electron chi connectivity index (χ3n) is 3.38. The Morgan fingerprint density at radius 2 is 1.96 bits per heavy atom. The molecule has 1 heterocycles. The van der Waals surface area contributed by atoms with Crippen molar-refractivity contribution in [3.05, 3.63) is 74.5 Å². The van der Waals surface area contributed by atoms with Crippen molar-refractivity contribution in [2.75, 3.05) is 5.32 Å². The number of carbonyl (C=O) groups is 1. The third-order valence-corrected chi connectivity index (χ3v) is 4.28. The van der Waals surface area contributed by atoms with E-state index in [9.17, 15) is 4.79 Å². The average Bonchev–Trinajstić information content (AvgIpc) is 3.00. The van der Waals surface area contributed by atoms with Crippen molar-refractivity contribution >= 4 is 45.8 Å². The molecule has 3 rings (SSSR count). The molecule has 1 N–H and O–H groups in total. The smallest absolute Gasteiger partial charge is 0.291 e. The Morgan fingerprint density at radius 3 is 2.70 bits per heavy atom. The minimum Gasteiger partial charge on any atom is -0.451 e. The van der Waals surface area contributed by atoms with Crippen LogP contribution in [0.3, 0.4) is 0 Å². The van der Waals surface area contributed by atoms with E-state index in [2.05, 4.69) is 27.9 Å². The highest BCUT2D eigenvalue weighted by atomic mass is 127. The average molecular weight is 438 g/mol. The number of hydrogen-bond acceptors (Lipinski definition) is 2. The second-order valence-electron chi connectivity index (χ2n) is 5.09. The molecule has 3 aromatic rings. The van der Waals surface area contributed by atoms with Crippen LogP contribution in [-0.2, 0) is 0 Å². The number of halogens is 2. The summed E-state index contributed by atoms with van der Waals surface area (Å²) >= 11 is 8.22. The van der Waals surface area contributed by atoms with E-state index in [-0.39, 0.29) is 11.7 Å². The van der Waals surface area contributed by atoms with Gasteiger partial charge < -0.3 is 9.73 Å². The van der Waals surface area contributed by atoms with Crippen molar-refractivity contribution in [3.63, 3.8) is 0 Å². The third kappa shape index (κ3) is 3.76. The molecule has 0 bridgehead atoms. The van der Waals surface area contributed by atoms with Crippen molar-refractivity contribution in [2.24, 2.45) is 0 Å². The fourth-order valence-electron chi connectivity index (χ4n) is 2.21. The number of benzene rings is 2. The Bertz CT molecular complexity index is 873. The summed E-state index contributed by atoms with van der Waals surface area (Å²) in [7, 11) is 0. The molecule has 23 heavy (non-hydrogen) atoms. The van der Waals surface area contributed by atoms with Gasteiger partial charge in [0.1, 0.15) is 5.76 Å². The first-order chi connectivity index (χ1) is 11.0. The van der Waals surface area contributed by atoms with Gasteiger partial charge in [-0.1, -0.05) is 23.7 Å². The molecule has 3 nitrogen and oxygen atoms in total. The summed E-state index contributed by atoms with van der Waals surface area (Å²) in [5.41, 5.74) is 2.62. The van der Waals surface area contributed by atoms with E-state index in [0.717, 1.165) is 20.4 Å². The minimum atomic E-state index is -0.275. The summed E-state index contributed by atoms with van der Waals surface area (Å²) in [6.45, 7) is 1.96. The molecule has 0 saturated carbocycles. The van der Waals surface area contributed by atoms with Gasteiger partial charge in [-0.05, 0) is 77.5 Å². The SMILES string of the molecule is Cc1cc(I)ccc1NC(=O)c1ccc(-c2cccc(Cl)c2)o1. The molecule has 1 amide bonds. The molecule has 0 unspecified atom stereocenters. The number of rotatable bonds is 3. The monoisotopic (exact) mass is 437 g/mol. The largest absolute Gasteiger partial charge is 0.451 e. The van der Waals surface area contributed by atoms with Gasteiger partial charge >= 0.3 is 0 Å². The Kier molecular flexibility index (Phi) is 4.73. The van der Waals surface area contributed by atoms with Crippen molar-refractivity contribution in [1.82, 2.24) is 0 Å². The molecular formula is C18H13ClINO2. The van der Waals surface area contributed by atoms with E-state index in [1.54, 1.807) is 24.3 Å². The topological polar surface area (TPSA) is 42.2 Å². The van der Waals surface area contributed by atoms with Crippen LogP contribution in [0.25, 0.3) is 11.3 Å². The molecule has 0 aliphatic heterocycles. The lowest BCUT2D eigenvalue weighted by molar-refractivity contribution is 0.0997. The summed E-state index contributed by atoms with van der Waals surface area (Å²) in [4.78, 5) is 12.3. The van der Waals surface area contributed by atoms with Crippen LogP contribution in [0.4, 0.5) is 5.69 Å². The molecule has 0 aliphatic carbocycles. The van der Waals surface area contributed by atoms with Gasteiger partial charge in [-0.25, -0.2) is 0 Å². The van der Waals surface area contributed by atoms with Gasteiger partial charge in [0, 0.05) is 19.8 Å². The zero-order chi connectivity index (χ0) is 16.4. The van der Waals surface area contributed by atoms with Crippen LogP contribution in [-0.4, -0.2) is 5.91 Å². The number of anilines is 1. The van der Waals surface area contributed by atoms with Crippen molar-refractivity contribution in [1.29, 1.82) is 0 Å². The number of aryl methyl sites for hydroxylation is 1. The number of carbonyl (C=O) groups excluding carboxylic acids is 1. The van der Waals surface area contributed by atoms with Crippen LogP contribution >= 0.6 is 34.2 Å². The lowest BCUT2D eigenvalue weighted by Crippen LogP contribution is -2.11. The highest BCUT2D eigenvalue weighted by Gasteiger charge is 2.13. The van der Waals surface area contributed by atoms with Crippen LogP contribution in [0, 0.1) is 10.5 Å². The van der Waals surface area contributed by atoms with Gasteiger partial charge in [0.25, 0.3) is 5.91 Å². The molecule has 116 valence electrons. The zero-order valence-corrected chi connectivity index (χ0v) is 15.2. The van der Waals surface area contributed by atoms with E-state index in [1.165, 1.54) is 0 Å². The lowest BCUT2D eigenvalue weighted by Gasteiger charge is -2.07. The molecule has 0 saturated heterocycles. The Morgan fingerprint density at radius 1 is 1.13 bits per heavy atom. The summed E-state index contributed by atoms with van der Waals surface area (Å²) in [5, 5.41) is 3.49. The molecule has 2 aromatic carbocycles. The summed E-state index contributed by atoms with van der Waals surface area (Å²) < 4.78 is 6.77.